The fourth-order valence-corrected chi connectivity index (χ4v) is 5.41. The van der Waals surface area contributed by atoms with E-state index in [2.05, 4.69) is 14.6 Å². The minimum atomic E-state index is -2.90. The van der Waals surface area contributed by atoms with Gasteiger partial charge in [0.2, 0.25) is 5.88 Å². The topological polar surface area (TPSA) is 61.6 Å². The first-order chi connectivity index (χ1) is 19.4. The van der Waals surface area contributed by atoms with E-state index in [4.69, 9.17) is 14.5 Å². The summed E-state index contributed by atoms with van der Waals surface area (Å²) in [5.74, 6) is 1.66. The van der Waals surface area contributed by atoms with Gasteiger partial charge >= 0.3 is 6.61 Å². The first kappa shape index (κ1) is 26.6. The number of fused-ring (bicyclic) bond motifs is 1. The summed E-state index contributed by atoms with van der Waals surface area (Å²) in [7, 11) is 1.89. The first-order valence-corrected chi connectivity index (χ1v) is 13.5. The van der Waals surface area contributed by atoms with Gasteiger partial charge in [-0.25, -0.2) is 14.4 Å². The number of aryl methyl sites for hydroxylation is 1. The fourth-order valence-electron chi connectivity index (χ4n) is 5.41. The maximum atomic E-state index is 14.6. The molecule has 0 amide bonds. The summed E-state index contributed by atoms with van der Waals surface area (Å²) in [4.78, 5) is 11.7. The van der Waals surface area contributed by atoms with Crippen LogP contribution in [0.3, 0.4) is 0 Å². The number of alkyl halides is 2. The van der Waals surface area contributed by atoms with Gasteiger partial charge in [-0.1, -0.05) is 24.3 Å². The van der Waals surface area contributed by atoms with Gasteiger partial charge in [0, 0.05) is 36.2 Å². The summed E-state index contributed by atoms with van der Waals surface area (Å²) in [6.45, 7) is 0.823. The maximum absolute atomic E-state index is 14.6. The molecule has 4 heterocycles. The van der Waals surface area contributed by atoms with E-state index in [0.717, 1.165) is 48.5 Å². The van der Waals surface area contributed by atoms with Crippen molar-refractivity contribution in [3.05, 3.63) is 83.1 Å². The van der Waals surface area contributed by atoms with Crippen molar-refractivity contribution in [1.29, 1.82) is 0 Å². The van der Waals surface area contributed by atoms with Crippen molar-refractivity contribution < 1.29 is 27.4 Å². The van der Waals surface area contributed by atoms with E-state index in [1.165, 1.54) is 6.07 Å². The molecule has 0 saturated carbocycles. The van der Waals surface area contributed by atoms with Gasteiger partial charge in [-0.2, -0.15) is 8.78 Å². The molecule has 0 spiro atoms. The predicted octanol–water partition coefficient (Wildman–Crippen LogP) is 5.78. The Hall–Kier alpha value is -3.63. The molecule has 2 saturated heterocycles. The van der Waals surface area contributed by atoms with Crippen molar-refractivity contribution in [2.75, 3.05) is 26.3 Å². The van der Waals surface area contributed by atoms with E-state index in [1.54, 1.807) is 24.3 Å². The molecular formula is C30H31F3N4O3. The van der Waals surface area contributed by atoms with Crippen molar-refractivity contribution in [1.82, 2.24) is 19.4 Å². The average molecular weight is 553 g/mol. The largest absolute Gasteiger partial charge is 0.473 e. The first-order valence-electron chi connectivity index (χ1n) is 13.5. The molecule has 2 aromatic carbocycles. The van der Waals surface area contributed by atoms with Crippen LogP contribution < -0.4 is 9.47 Å². The lowest BCUT2D eigenvalue weighted by atomic mass is 9.93. The lowest BCUT2D eigenvalue weighted by Crippen LogP contribution is -2.33. The van der Waals surface area contributed by atoms with E-state index in [1.807, 2.05) is 35.9 Å². The molecule has 40 heavy (non-hydrogen) atoms. The van der Waals surface area contributed by atoms with E-state index < -0.39 is 6.61 Å². The van der Waals surface area contributed by atoms with E-state index in [9.17, 15) is 13.2 Å². The Morgan fingerprint density at radius 2 is 1.80 bits per heavy atom. The third-order valence-electron chi connectivity index (χ3n) is 7.86. The zero-order chi connectivity index (χ0) is 27.6. The number of benzene rings is 2. The SMILES string of the molecule is Cn1c(CN2CCC(c3cccc(OCc4ccc(C5COC5)cc4F)n3)CC2)nc2c(OC(F)F)cccc21. The highest BCUT2D eigenvalue weighted by atomic mass is 19.3. The maximum Gasteiger partial charge on any atom is 0.387 e. The smallest absolute Gasteiger partial charge is 0.387 e. The third-order valence-corrected chi connectivity index (χ3v) is 7.86. The van der Waals surface area contributed by atoms with Gasteiger partial charge < -0.3 is 18.8 Å². The average Bonchev–Trinajstić information content (AvgIpc) is 3.23. The highest BCUT2D eigenvalue weighted by Gasteiger charge is 2.24. The van der Waals surface area contributed by atoms with Gasteiger partial charge in [0.25, 0.3) is 0 Å². The predicted molar refractivity (Wildman–Crippen MR) is 143 cm³/mol. The quantitative estimate of drug-likeness (QED) is 0.262. The van der Waals surface area contributed by atoms with Gasteiger partial charge in [0.15, 0.2) is 5.75 Å². The Morgan fingerprint density at radius 1 is 1.00 bits per heavy atom. The van der Waals surface area contributed by atoms with Crippen LogP contribution in [0.2, 0.25) is 0 Å². The molecule has 7 nitrogen and oxygen atoms in total. The second-order valence-electron chi connectivity index (χ2n) is 10.4. The zero-order valence-electron chi connectivity index (χ0n) is 22.2. The Kier molecular flexibility index (Phi) is 7.62. The number of ether oxygens (including phenoxy) is 3. The molecular weight excluding hydrogens is 521 g/mol. The summed E-state index contributed by atoms with van der Waals surface area (Å²) in [6, 6.07) is 16.1. The molecule has 0 unspecified atom stereocenters. The van der Waals surface area contributed by atoms with Crippen LogP contribution >= 0.6 is 0 Å². The van der Waals surface area contributed by atoms with Crippen molar-refractivity contribution >= 4 is 11.0 Å². The van der Waals surface area contributed by atoms with Crippen LogP contribution in [0.5, 0.6) is 11.6 Å². The van der Waals surface area contributed by atoms with Gasteiger partial charge in [0.05, 0.1) is 25.3 Å². The minimum Gasteiger partial charge on any atom is -0.473 e. The number of aromatic nitrogens is 3. The minimum absolute atomic E-state index is 0.0877. The second-order valence-corrected chi connectivity index (χ2v) is 10.4. The number of para-hydroxylation sites is 1. The number of piperidine rings is 1. The molecule has 10 heteroatoms. The molecule has 0 N–H and O–H groups in total. The van der Waals surface area contributed by atoms with Crippen LogP contribution in [0.15, 0.2) is 54.6 Å². The molecule has 2 aromatic heterocycles. The lowest BCUT2D eigenvalue weighted by molar-refractivity contribution is -0.0489. The molecule has 0 bridgehead atoms. The number of pyridine rings is 1. The van der Waals surface area contributed by atoms with Crippen molar-refractivity contribution in [2.45, 2.75) is 44.4 Å². The fraction of sp³-hybridized carbons (Fsp3) is 0.400. The number of hydrogen-bond acceptors (Lipinski definition) is 6. The third kappa shape index (κ3) is 5.64. The van der Waals surface area contributed by atoms with Crippen LogP contribution in [0.1, 0.15) is 47.3 Å². The Labute approximate surface area is 230 Å². The molecule has 2 fully saturated rings. The molecule has 0 radical (unpaired) electrons. The van der Waals surface area contributed by atoms with Gasteiger partial charge in [0.1, 0.15) is 23.8 Å². The Bertz CT molecular complexity index is 1480. The summed E-state index contributed by atoms with van der Waals surface area (Å²) in [6.07, 6.45) is 1.84. The number of halogens is 3. The monoisotopic (exact) mass is 552 g/mol. The summed E-state index contributed by atoms with van der Waals surface area (Å²) >= 11 is 0. The molecule has 6 rings (SSSR count). The highest BCUT2D eigenvalue weighted by Crippen LogP contribution is 2.31. The lowest BCUT2D eigenvalue weighted by Gasteiger charge is -2.31. The van der Waals surface area contributed by atoms with Gasteiger partial charge in [-0.15, -0.1) is 0 Å². The highest BCUT2D eigenvalue weighted by molar-refractivity contribution is 5.82. The van der Waals surface area contributed by atoms with E-state index >= 15 is 0 Å². The summed E-state index contributed by atoms with van der Waals surface area (Å²) < 4.78 is 57.9. The molecule has 0 aliphatic carbocycles. The molecule has 0 atom stereocenters. The second kappa shape index (κ2) is 11.5. The number of imidazole rings is 1. The molecule has 2 aliphatic rings. The number of likely N-dealkylation sites (tertiary alicyclic amines) is 1. The van der Waals surface area contributed by atoms with Crippen LogP contribution in [0, 0.1) is 5.82 Å². The number of hydrogen-bond donors (Lipinski definition) is 0. The standard InChI is InChI=1S/C30H31F3N4O3/c1-36-25-5-3-6-26(40-30(32)33)29(25)35-27(36)15-37-12-10-19(11-13-37)24-4-2-7-28(34-24)39-18-21-9-8-20(14-23(21)31)22-16-38-17-22/h2-9,14,19,22,30H,10-13,15-18H2,1H3. The van der Waals surface area contributed by atoms with Gasteiger partial charge in [-0.05, 0) is 55.8 Å². The summed E-state index contributed by atoms with van der Waals surface area (Å²) in [5.41, 5.74) is 3.63. The van der Waals surface area contributed by atoms with Crippen LogP contribution in [0.25, 0.3) is 11.0 Å². The van der Waals surface area contributed by atoms with Crippen molar-refractivity contribution in [3.8, 4) is 11.6 Å². The Balaban J connectivity index is 1.05. The summed E-state index contributed by atoms with van der Waals surface area (Å²) in [5, 5.41) is 0. The van der Waals surface area contributed by atoms with Crippen LogP contribution in [0.4, 0.5) is 13.2 Å². The normalized spacial score (nSPS) is 16.9. The van der Waals surface area contributed by atoms with Crippen LogP contribution in [-0.4, -0.2) is 52.3 Å². The van der Waals surface area contributed by atoms with Gasteiger partial charge in [-0.3, -0.25) is 4.90 Å². The van der Waals surface area contributed by atoms with E-state index in [-0.39, 0.29) is 30.0 Å². The molecule has 210 valence electrons. The van der Waals surface area contributed by atoms with Crippen LogP contribution in [-0.2, 0) is 24.9 Å². The Morgan fingerprint density at radius 3 is 2.52 bits per heavy atom. The number of rotatable bonds is 9. The van der Waals surface area contributed by atoms with Crippen molar-refractivity contribution in [3.63, 3.8) is 0 Å². The van der Waals surface area contributed by atoms with E-state index in [0.29, 0.717) is 36.7 Å². The number of nitrogens with zero attached hydrogens (tertiary/aromatic N) is 4. The molecule has 2 aliphatic heterocycles. The zero-order valence-corrected chi connectivity index (χ0v) is 22.2. The molecule has 4 aromatic rings. The van der Waals surface area contributed by atoms with Crippen molar-refractivity contribution in [2.24, 2.45) is 7.05 Å².